The molecule has 36 heavy (non-hydrogen) atoms. The Bertz CT molecular complexity index is 1180. The number of phenols is 3. The lowest BCUT2D eigenvalue weighted by molar-refractivity contribution is 0.0925. The van der Waals surface area contributed by atoms with Gasteiger partial charge in [-0.25, -0.2) is 8.78 Å². The van der Waals surface area contributed by atoms with Crippen molar-refractivity contribution in [3.63, 3.8) is 0 Å². The van der Waals surface area contributed by atoms with Crippen molar-refractivity contribution in [2.45, 2.75) is 65.8 Å². The third-order valence-electron chi connectivity index (χ3n) is 6.14. The van der Waals surface area contributed by atoms with Gasteiger partial charge in [0.05, 0.1) is 39.6 Å². The molecule has 3 aromatic carbocycles. The van der Waals surface area contributed by atoms with Crippen LogP contribution < -0.4 is 0 Å². The summed E-state index contributed by atoms with van der Waals surface area (Å²) < 4.78 is 45.6. The molecule has 0 aliphatic carbocycles. The largest absolute Gasteiger partial charge is 0.507 e. The van der Waals surface area contributed by atoms with Gasteiger partial charge in [-0.2, -0.15) is 0 Å². The molecule has 3 N–H and O–H groups in total. The lowest BCUT2D eigenvalue weighted by Gasteiger charge is -2.23. The fraction of sp³-hybridized carbons (Fsp3) is 0.357. The molecule has 3 aromatic rings. The Hall–Kier alpha value is -3.20. The van der Waals surface area contributed by atoms with E-state index in [-0.39, 0.29) is 84.6 Å². The fourth-order valence-corrected chi connectivity index (χ4v) is 4.10. The molecule has 0 unspecified atom stereocenters. The number of ether oxygens (including phenoxy) is 3. The zero-order chi connectivity index (χ0) is 26.0. The second kappa shape index (κ2) is 10.4. The number of hydrogen-bond acceptors (Lipinski definition) is 6. The molecule has 0 aromatic heterocycles. The first-order chi connectivity index (χ1) is 17.0. The maximum atomic E-state index is 14.3. The van der Waals surface area contributed by atoms with E-state index in [4.69, 9.17) is 14.2 Å². The molecule has 4 rings (SSSR count). The van der Waals surface area contributed by atoms with Crippen molar-refractivity contribution in [3.05, 3.63) is 87.0 Å². The molecule has 0 radical (unpaired) electrons. The molecule has 0 saturated carbocycles. The van der Waals surface area contributed by atoms with Gasteiger partial charge in [0.2, 0.25) is 0 Å². The Kier molecular flexibility index (Phi) is 7.49. The van der Waals surface area contributed by atoms with Crippen molar-refractivity contribution < 1.29 is 38.3 Å². The van der Waals surface area contributed by atoms with Crippen molar-refractivity contribution >= 4 is 0 Å². The first kappa shape index (κ1) is 25.9. The average Bonchev–Trinajstić information content (AvgIpc) is 2.80. The van der Waals surface area contributed by atoms with Gasteiger partial charge in [-0.3, -0.25) is 0 Å². The van der Waals surface area contributed by atoms with Crippen LogP contribution in [0, 0.1) is 11.6 Å². The summed E-state index contributed by atoms with van der Waals surface area (Å²) in [5, 5.41) is 32.2. The van der Waals surface area contributed by atoms with E-state index in [0.717, 1.165) is 17.7 Å². The van der Waals surface area contributed by atoms with Crippen molar-refractivity contribution in [1.82, 2.24) is 0 Å². The molecule has 0 spiro atoms. The molecule has 0 amide bonds. The predicted octanol–water partition coefficient (Wildman–Crippen LogP) is 5.84. The minimum Gasteiger partial charge on any atom is -0.507 e. The van der Waals surface area contributed by atoms with Gasteiger partial charge < -0.3 is 29.5 Å². The number of benzene rings is 3. The Balaban J connectivity index is 1.75. The summed E-state index contributed by atoms with van der Waals surface area (Å²) in [5.41, 5.74) is 2.55. The van der Waals surface area contributed by atoms with Crippen LogP contribution in [0.4, 0.5) is 8.78 Å². The zero-order valence-corrected chi connectivity index (χ0v) is 20.5. The van der Waals surface area contributed by atoms with Gasteiger partial charge in [-0.05, 0) is 47.4 Å². The van der Waals surface area contributed by atoms with Gasteiger partial charge in [0.25, 0.3) is 0 Å². The van der Waals surface area contributed by atoms with Crippen molar-refractivity contribution in [2.24, 2.45) is 0 Å². The van der Waals surface area contributed by atoms with Crippen molar-refractivity contribution in [3.8, 4) is 17.2 Å². The first-order valence-electron chi connectivity index (χ1n) is 11.6. The highest BCUT2D eigenvalue weighted by molar-refractivity contribution is 5.46. The molecular weight excluding hydrogens is 470 g/mol. The van der Waals surface area contributed by atoms with E-state index in [1.54, 1.807) is 0 Å². The minimum atomic E-state index is -0.577. The summed E-state index contributed by atoms with van der Waals surface area (Å²) in [6.45, 7) is 5.59. The van der Waals surface area contributed by atoms with E-state index in [1.165, 1.54) is 12.1 Å². The normalized spacial score (nSPS) is 15.2. The molecule has 6 nitrogen and oxygen atoms in total. The number of halogens is 2. The number of phenolic OH excluding ortho intramolecular Hbond substituents is 3. The zero-order valence-electron chi connectivity index (χ0n) is 20.5. The van der Waals surface area contributed by atoms with Crippen LogP contribution >= 0.6 is 0 Å². The molecule has 0 atom stereocenters. The van der Waals surface area contributed by atoms with Gasteiger partial charge >= 0.3 is 0 Å². The van der Waals surface area contributed by atoms with Gasteiger partial charge in [0.15, 0.2) is 0 Å². The maximum Gasteiger partial charge on any atom is 0.126 e. The van der Waals surface area contributed by atoms with Crippen LogP contribution in [0.2, 0.25) is 0 Å². The first-order valence-corrected chi connectivity index (χ1v) is 11.6. The van der Waals surface area contributed by atoms with E-state index in [9.17, 15) is 24.1 Å². The Morgan fingerprint density at radius 3 is 1.03 bits per heavy atom. The summed E-state index contributed by atoms with van der Waals surface area (Å²) in [5.74, 6) is -1.52. The summed E-state index contributed by atoms with van der Waals surface area (Å²) in [7, 11) is 0. The highest BCUT2D eigenvalue weighted by Gasteiger charge is 2.20. The standard InChI is InChI=1S/C28H30F2O6/c1-28(2,3)22-4-16-10-34-12-18-6-23(29)8-20(26(18)32)14-36-15-21-9-24(30)7-19(27(21)33)13-35-11-17(5-22)25(16)31/h4-9,31-33H,10-15H2,1-3H3. The predicted molar refractivity (Wildman–Crippen MR) is 128 cm³/mol. The Morgan fingerprint density at radius 1 is 0.528 bits per heavy atom. The van der Waals surface area contributed by atoms with E-state index >= 15 is 0 Å². The number of fused-ring (bicyclic) bond motifs is 6. The van der Waals surface area contributed by atoms with Crippen LogP contribution in [0.1, 0.15) is 59.7 Å². The van der Waals surface area contributed by atoms with Gasteiger partial charge in [0, 0.05) is 33.4 Å². The highest BCUT2D eigenvalue weighted by Crippen LogP contribution is 2.34. The molecule has 8 heteroatoms. The van der Waals surface area contributed by atoms with Crippen LogP contribution in [0.3, 0.4) is 0 Å². The van der Waals surface area contributed by atoms with Crippen LogP contribution in [0.5, 0.6) is 17.2 Å². The summed E-state index contributed by atoms with van der Waals surface area (Å²) in [6.07, 6.45) is 0. The monoisotopic (exact) mass is 500 g/mol. The number of aromatic hydroxyl groups is 3. The summed E-state index contributed by atoms with van der Waals surface area (Å²) in [6, 6.07) is 8.32. The van der Waals surface area contributed by atoms with E-state index in [0.29, 0.717) is 11.1 Å². The van der Waals surface area contributed by atoms with Gasteiger partial charge in [-0.1, -0.05) is 20.8 Å². The molecule has 1 aliphatic rings. The average molecular weight is 501 g/mol. The Labute approximate surface area is 208 Å². The van der Waals surface area contributed by atoms with Crippen LogP contribution in [-0.2, 0) is 59.3 Å². The van der Waals surface area contributed by atoms with E-state index in [2.05, 4.69) is 0 Å². The third kappa shape index (κ3) is 5.78. The molecule has 1 heterocycles. The van der Waals surface area contributed by atoms with Crippen LogP contribution in [0.25, 0.3) is 0 Å². The quantitative estimate of drug-likeness (QED) is 0.359. The SMILES string of the molecule is CC(C)(C)c1cc2c(O)c(c1)COCc1cc(F)cc(c1O)COCc1cc(F)cc(c1O)COC2. The lowest BCUT2D eigenvalue weighted by Crippen LogP contribution is -2.13. The summed E-state index contributed by atoms with van der Waals surface area (Å²) >= 11 is 0. The summed E-state index contributed by atoms with van der Waals surface area (Å²) in [4.78, 5) is 0. The molecule has 0 saturated heterocycles. The van der Waals surface area contributed by atoms with E-state index in [1.807, 2.05) is 32.9 Å². The highest BCUT2D eigenvalue weighted by atomic mass is 19.1. The second-order valence-corrected chi connectivity index (χ2v) is 10.0. The van der Waals surface area contributed by atoms with Crippen molar-refractivity contribution in [2.75, 3.05) is 0 Å². The van der Waals surface area contributed by atoms with Crippen LogP contribution in [-0.4, -0.2) is 15.3 Å². The molecule has 1 aliphatic heterocycles. The maximum absolute atomic E-state index is 14.3. The molecule has 6 bridgehead atoms. The molecular formula is C28H30F2O6. The topological polar surface area (TPSA) is 88.4 Å². The smallest absolute Gasteiger partial charge is 0.126 e. The fourth-order valence-electron chi connectivity index (χ4n) is 4.10. The second-order valence-electron chi connectivity index (χ2n) is 10.0. The lowest BCUT2D eigenvalue weighted by atomic mass is 9.85. The molecule has 192 valence electrons. The minimum absolute atomic E-state index is 0.00850. The van der Waals surface area contributed by atoms with Crippen molar-refractivity contribution in [1.29, 1.82) is 0 Å². The number of rotatable bonds is 0. The van der Waals surface area contributed by atoms with Gasteiger partial charge in [0.1, 0.15) is 28.9 Å². The van der Waals surface area contributed by atoms with Gasteiger partial charge in [-0.15, -0.1) is 0 Å². The Morgan fingerprint density at radius 2 is 0.778 bits per heavy atom. The van der Waals surface area contributed by atoms with Crippen LogP contribution in [0.15, 0.2) is 36.4 Å². The molecule has 0 fully saturated rings. The van der Waals surface area contributed by atoms with E-state index < -0.39 is 11.6 Å². The third-order valence-corrected chi connectivity index (χ3v) is 6.14. The number of hydrogen-bond donors (Lipinski definition) is 3.